The van der Waals surface area contributed by atoms with Crippen LogP contribution in [0.15, 0.2) is 67.1 Å². The van der Waals surface area contributed by atoms with Crippen LogP contribution in [-0.2, 0) is 16.8 Å². The summed E-state index contributed by atoms with van der Waals surface area (Å²) >= 11 is 0. The van der Waals surface area contributed by atoms with Crippen molar-refractivity contribution in [3.8, 4) is 0 Å². The molecule has 30 heavy (non-hydrogen) atoms. The number of aromatic amines is 1. The summed E-state index contributed by atoms with van der Waals surface area (Å²) in [6.07, 6.45) is 7.19. The van der Waals surface area contributed by atoms with Crippen molar-refractivity contribution in [1.29, 1.82) is 0 Å². The third kappa shape index (κ3) is 3.32. The molecule has 2 aromatic heterocycles. The van der Waals surface area contributed by atoms with Crippen LogP contribution in [0.25, 0.3) is 0 Å². The predicted octanol–water partition coefficient (Wildman–Crippen LogP) is 3.10. The molecule has 0 unspecified atom stereocenters. The van der Waals surface area contributed by atoms with Crippen molar-refractivity contribution in [1.82, 2.24) is 20.6 Å². The monoisotopic (exact) mass is 402 g/mol. The van der Waals surface area contributed by atoms with E-state index in [1.165, 1.54) is 5.56 Å². The van der Waals surface area contributed by atoms with Crippen molar-refractivity contribution in [3.63, 3.8) is 0 Å². The fraction of sp³-hybridized carbons (Fsp3) is 0.333. The van der Waals surface area contributed by atoms with Crippen LogP contribution in [0.1, 0.15) is 46.1 Å². The normalized spacial score (nSPS) is 22.0. The van der Waals surface area contributed by atoms with Crippen LogP contribution in [0, 0.1) is 0 Å². The highest BCUT2D eigenvalue weighted by Gasteiger charge is 2.53. The molecule has 1 saturated heterocycles. The van der Waals surface area contributed by atoms with Crippen molar-refractivity contribution >= 4 is 5.91 Å². The number of rotatable bonds is 5. The summed E-state index contributed by atoms with van der Waals surface area (Å²) in [7, 11) is 0. The topological polar surface area (TPSA) is 79.0 Å². The molecule has 1 fully saturated rings. The molecule has 0 bridgehead atoms. The smallest absolute Gasteiger partial charge is 0.268 e. The highest BCUT2D eigenvalue weighted by Crippen LogP contribution is 2.51. The Balaban J connectivity index is 1.50. The van der Waals surface area contributed by atoms with E-state index < -0.39 is 0 Å². The number of nitrogens with one attached hydrogen (secondary N) is 3. The van der Waals surface area contributed by atoms with Gasteiger partial charge in [-0.25, -0.2) is 0 Å². The molecule has 6 nitrogen and oxygen atoms in total. The fourth-order valence-corrected chi connectivity index (χ4v) is 5.05. The molecular weight excluding hydrogens is 376 g/mol. The Morgan fingerprint density at radius 2 is 2.00 bits per heavy atom. The average molecular weight is 402 g/mol. The lowest BCUT2D eigenvalue weighted by molar-refractivity contribution is -0.0363. The van der Waals surface area contributed by atoms with Gasteiger partial charge < -0.3 is 20.4 Å². The van der Waals surface area contributed by atoms with Gasteiger partial charge in [0, 0.05) is 24.0 Å². The zero-order chi connectivity index (χ0) is 20.4. The number of ether oxygens (including phenoxy) is 1. The Bertz CT molecular complexity index is 997. The van der Waals surface area contributed by atoms with E-state index >= 15 is 0 Å². The first-order chi connectivity index (χ1) is 14.8. The van der Waals surface area contributed by atoms with Crippen molar-refractivity contribution in [3.05, 3.63) is 89.5 Å². The molecule has 1 amide bonds. The molecule has 5 rings (SSSR count). The van der Waals surface area contributed by atoms with Crippen molar-refractivity contribution in [2.24, 2.45) is 0 Å². The summed E-state index contributed by atoms with van der Waals surface area (Å²) in [4.78, 5) is 20.2. The Hall–Kier alpha value is -2.96. The number of H-pyrrole nitrogens is 1. The van der Waals surface area contributed by atoms with Crippen LogP contribution >= 0.6 is 0 Å². The maximum absolute atomic E-state index is 12.9. The third-order valence-electron chi connectivity index (χ3n) is 6.46. The number of amides is 1. The number of pyridine rings is 1. The Morgan fingerprint density at radius 1 is 1.13 bits per heavy atom. The predicted molar refractivity (Wildman–Crippen MR) is 114 cm³/mol. The van der Waals surface area contributed by atoms with Gasteiger partial charge in [-0.05, 0) is 60.8 Å². The fourth-order valence-electron chi connectivity index (χ4n) is 5.05. The van der Waals surface area contributed by atoms with E-state index in [4.69, 9.17) is 4.74 Å². The highest BCUT2D eigenvalue weighted by atomic mass is 16.5. The summed E-state index contributed by atoms with van der Waals surface area (Å²) in [5, 5.41) is 6.75. The zero-order valence-corrected chi connectivity index (χ0v) is 16.8. The number of aromatic nitrogens is 2. The Kier molecular flexibility index (Phi) is 5.11. The molecule has 1 aromatic carbocycles. The molecule has 154 valence electrons. The van der Waals surface area contributed by atoms with Crippen LogP contribution in [0.2, 0.25) is 0 Å². The van der Waals surface area contributed by atoms with E-state index in [9.17, 15) is 4.79 Å². The van der Waals surface area contributed by atoms with E-state index in [-0.39, 0.29) is 23.5 Å². The van der Waals surface area contributed by atoms with Crippen LogP contribution in [0.3, 0.4) is 0 Å². The Morgan fingerprint density at radius 3 is 2.77 bits per heavy atom. The van der Waals surface area contributed by atoms with Crippen molar-refractivity contribution in [2.75, 3.05) is 13.1 Å². The standard InChI is InChI=1S/C24H26N4O2/c29-23(20-8-4-12-27-20)28-21-18-6-1-2-7-19(18)24(9-13-25-14-10-24)22(21)30-16-17-5-3-11-26-15-17/h1-8,11-12,15,21-22,25,27H,9-10,13-14,16H2,(H,28,29)/t21-,22+/m0/s1. The van der Waals surface area contributed by atoms with E-state index in [0.717, 1.165) is 37.1 Å². The number of hydrogen-bond acceptors (Lipinski definition) is 4. The lowest BCUT2D eigenvalue weighted by Gasteiger charge is -2.41. The number of piperidine rings is 1. The summed E-state index contributed by atoms with van der Waals surface area (Å²) < 4.78 is 6.60. The molecule has 1 aliphatic carbocycles. The molecule has 6 heteroatoms. The van der Waals surface area contributed by atoms with Gasteiger partial charge in [0.1, 0.15) is 5.69 Å². The summed E-state index contributed by atoms with van der Waals surface area (Å²) in [6.45, 7) is 2.35. The minimum atomic E-state index is -0.202. The quantitative estimate of drug-likeness (QED) is 0.613. The van der Waals surface area contributed by atoms with Gasteiger partial charge in [0.05, 0.1) is 18.8 Å². The molecule has 2 aliphatic rings. The molecular formula is C24H26N4O2. The first-order valence-corrected chi connectivity index (χ1v) is 10.5. The van der Waals surface area contributed by atoms with E-state index in [2.05, 4.69) is 38.8 Å². The number of fused-ring (bicyclic) bond motifs is 2. The average Bonchev–Trinajstić information content (AvgIpc) is 3.41. The second kappa shape index (κ2) is 8.05. The van der Waals surface area contributed by atoms with Gasteiger partial charge in [-0.2, -0.15) is 0 Å². The van der Waals surface area contributed by atoms with Gasteiger partial charge >= 0.3 is 0 Å². The number of nitrogens with zero attached hydrogens (tertiary/aromatic N) is 1. The summed E-state index contributed by atoms with van der Waals surface area (Å²) in [5.41, 5.74) is 3.95. The van der Waals surface area contributed by atoms with Gasteiger partial charge in [0.2, 0.25) is 0 Å². The first-order valence-electron chi connectivity index (χ1n) is 10.5. The molecule has 2 atom stereocenters. The molecule has 1 spiro atoms. The molecule has 3 aromatic rings. The van der Waals surface area contributed by atoms with Gasteiger partial charge in [0.15, 0.2) is 0 Å². The van der Waals surface area contributed by atoms with E-state index in [1.807, 2.05) is 30.5 Å². The molecule has 0 radical (unpaired) electrons. The highest BCUT2D eigenvalue weighted by molar-refractivity contribution is 5.92. The SMILES string of the molecule is O=C(N[C@H]1c2ccccc2C2(CCNCC2)[C@@H]1OCc1cccnc1)c1ccc[nH]1. The van der Waals surface area contributed by atoms with Crippen molar-refractivity contribution in [2.45, 2.75) is 37.0 Å². The lowest BCUT2D eigenvalue weighted by Crippen LogP contribution is -2.49. The third-order valence-corrected chi connectivity index (χ3v) is 6.46. The minimum Gasteiger partial charge on any atom is -0.370 e. The number of benzene rings is 1. The van der Waals surface area contributed by atoms with Crippen LogP contribution in [-0.4, -0.2) is 35.1 Å². The second-order valence-corrected chi connectivity index (χ2v) is 8.12. The van der Waals surface area contributed by atoms with Crippen LogP contribution in [0.5, 0.6) is 0 Å². The molecule has 3 N–H and O–H groups in total. The maximum atomic E-state index is 12.9. The first kappa shape index (κ1) is 19.0. The Labute approximate surface area is 176 Å². The molecule has 3 heterocycles. The summed E-state index contributed by atoms with van der Waals surface area (Å²) in [5.74, 6) is -0.110. The van der Waals surface area contributed by atoms with Crippen molar-refractivity contribution < 1.29 is 9.53 Å². The van der Waals surface area contributed by atoms with Gasteiger partial charge in [-0.1, -0.05) is 30.3 Å². The van der Waals surface area contributed by atoms with Crippen LogP contribution < -0.4 is 10.6 Å². The lowest BCUT2D eigenvalue weighted by atomic mass is 9.72. The molecule has 1 aliphatic heterocycles. The largest absolute Gasteiger partial charge is 0.370 e. The van der Waals surface area contributed by atoms with Gasteiger partial charge in [-0.15, -0.1) is 0 Å². The maximum Gasteiger partial charge on any atom is 0.268 e. The van der Waals surface area contributed by atoms with Gasteiger partial charge in [0.25, 0.3) is 5.91 Å². The zero-order valence-electron chi connectivity index (χ0n) is 16.8. The second-order valence-electron chi connectivity index (χ2n) is 8.12. The molecule has 0 saturated carbocycles. The van der Waals surface area contributed by atoms with Gasteiger partial charge in [-0.3, -0.25) is 9.78 Å². The van der Waals surface area contributed by atoms with Crippen LogP contribution in [0.4, 0.5) is 0 Å². The number of hydrogen-bond donors (Lipinski definition) is 3. The number of carbonyl (C=O) groups excluding carboxylic acids is 1. The summed E-state index contributed by atoms with van der Waals surface area (Å²) in [6, 6.07) is 15.9. The van der Waals surface area contributed by atoms with E-state index in [1.54, 1.807) is 18.5 Å². The minimum absolute atomic E-state index is 0.110. The van der Waals surface area contributed by atoms with E-state index in [0.29, 0.717) is 12.3 Å². The number of carbonyl (C=O) groups is 1.